The van der Waals surface area contributed by atoms with Crippen molar-refractivity contribution >= 4 is 23.6 Å². The third kappa shape index (κ3) is 3.68. The van der Waals surface area contributed by atoms with Gasteiger partial charge in [-0.2, -0.15) is 16.9 Å². The molecule has 0 saturated carbocycles. The molecule has 0 radical (unpaired) electrons. The number of benzene rings is 1. The second kappa shape index (κ2) is 7.99. The molecule has 4 rings (SSSR count). The minimum Gasteiger partial charge on any atom is -0.341 e. The molecule has 6 nitrogen and oxygen atoms in total. The molecule has 2 aromatic rings. The summed E-state index contributed by atoms with van der Waals surface area (Å²) in [5.74, 6) is 1.11. The first-order valence-corrected chi connectivity index (χ1v) is 11.1. The fourth-order valence-electron chi connectivity index (χ4n) is 4.68. The summed E-state index contributed by atoms with van der Waals surface area (Å²) < 4.78 is 0. The predicted molar refractivity (Wildman–Crippen MR) is 110 cm³/mol. The fourth-order valence-corrected chi connectivity index (χ4v) is 5.11. The molecule has 2 unspecified atom stereocenters. The molecule has 3 heterocycles. The van der Waals surface area contributed by atoms with Crippen LogP contribution in [0.5, 0.6) is 0 Å². The number of carbonyl (C=O) groups excluding carboxylic acids is 2. The topological polar surface area (TPSA) is 69.3 Å². The molecule has 2 atom stereocenters. The Balaban J connectivity index is 1.52. The van der Waals surface area contributed by atoms with Gasteiger partial charge >= 0.3 is 0 Å². The normalized spacial score (nSPS) is 23.8. The molecule has 28 heavy (non-hydrogen) atoms. The molecule has 2 fully saturated rings. The minimum absolute atomic E-state index is 0.0245. The summed E-state index contributed by atoms with van der Waals surface area (Å²) in [5.41, 5.74) is 1.89. The van der Waals surface area contributed by atoms with Gasteiger partial charge in [0.25, 0.3) is 5.91 Å². The maximum absolute atomic E-state index is 12.9. The number of fused-ring (bicyclic) bond motifs is 1. The Kier molecular flexibility index (Phi) is 5.44. The summed E-state index contributed by atoms with van der Waals surface area (Å²) in [6.45, 7) is 2.92. The average Bonchev–Trinajstić information content (AvgIpc) is 3.42. The van der Waals surface area contributed by atoms with E-state index in [1.54, 1.807) is 24.2 Å². The van der Waals surface area contributed by atoms with Crippen molar-refractivity contribution in [3.63, 3.8) is 0 Å². The first kappa shape index (κ1) is 19.1. The summed E-state index contributed by atoms with van der Waals surface area (Å²) in [7, 11) is 0. The van der Waals surface area contributed by atoms with Crippen molar-refractivity contribution in [2.24, 2.45) is 11.3 Å². The van der Waals surface area contributed by atoms with E-state index in [-0.39, 0.29) is 17.2 Å². The van der Waals surface area contributed by atoms with E-state index in [9.17, 15) is 9.59 Å². The number of aromatic nitrogens is 2. The average molecular weight is 399 g/mol. The highest BCUT2D eigenvalue weighted by Crippen LogP contribution is 2.46. The maximum atomic E-state index is 12.9. The molecule has 2 saturated heterocycles. The molecule has 1 aromatic heterocycles. The molecule has 7 heteroatoms. The van der Waals surface area contributed by atoms with Gasteiger partial charge < -0.3 is 9.80 Å². The number of aryl methyl sites for hydroxylation is 1. The number of carbonyl (C=O) groups is 2. The summed E-state index contributed by atoms with van der Waals surface area (Å²) >= 11 is 1.57. The van der Waals surface area contributed by atoms with Gasteiger partial charge in [-0.3, -0.25) is 14.7 Å². The van der Waals surface area contributed by atoms with Crippen LogP contribution in [0.15, 0.2) is 42.7 Å². The second-order valence-electron chi connectivity index (χ2n) is 7.92. The summed E-state index contributed by atoms with van der Waals surface area (Å²) in [4.78, 5) is 29.3. The number of rotatable bonds is 6. The second-order valence-corrected chi connectivity index (χ2v) is 8.79. The standard InChI is InChI=1S/C21H26N4O2S/c1-28-13-19(26)24-11-18-12-25(20(27)17-9-22-23-10-17)15-21(18,14-24)8-7-16-5-3-2-4-6-16/h2-6,9-10,18H,7-8,11-15H2,1H3,(H,22,23). The van der Waals surface area contributed by atoms with Gasteiger partial charge in [-0.25, -0.2) is 0 Å². The molecule has 2 amide bonds. The van der Waals surface area contributed by atoms with Crippen LogP contribution >= 0.6 is 11.8 Å². The van der Waals surface area contributed by atoms with Crippen molar-refractivity contribution in [2.75, 3.05) is 38.2 Å². The van der Waals surface area contributed by atoms with Crippen LogP contribution in [0.1, 0.15) is 22.3 Å². The van der Waals surface area contributed by atoms with Crippen molar-refractivity contribution in [1.29, 1.82) is 0 Å². The number of likely N-dealkylation sites (tertiary alicyclic amines) is 2. The Hall–Kier alpha value is -2.28. The van der Waals surface area contributed by atoms with Crippen molar-refractivity contribution in [2.45, 2.75) is 12.8 Å². The SMILES string of the molecule is CSCC(=O)N1CC2CN(C(=O)c3cn[nH]c3)CC2(CCc2ccccc2)C1. The Morgan fingerprint density at radius 2 is 1.96 bits per heavy atom. The highest BCUT2D eigenvalue weighted by molar-refractivity contribution is 7.99. The summed E-state index contributed by atoms with van der Waals surface area (Å²) in [5, 5.41) is 6.63. The number of amides is 2. The summed E-state index contributed by atoms with van der Waals surface area (Å²) in [6.07, 6.45) is 7.16. The molecular formula is C21H26N4O2S. The molecule has 148 valence electrons. The Bertz CT molecular complexity index is 826. The Morgan fingerprint density at radius 1 is 1.21 bits per heavy atom. The van der Waals surface area contributed by atoms with Gasteiger partial charge in [-0.05, 0) is 24.7 Å². The molecule has 2 aliphatic heterocycles. The molecule has 1 aromatic carbocycles. The number of nitrogens with one attached hydrogen (secondary N) is 1. The maximum Gasteiger partial charge on any atom is 0.257 e. The number of aromatic amines is 1. The van der Waals surface area contributed by atoms with Crippen LogP contribution in [0.4, 0.5) is 0 Å². The van der Waals surface area contributed by atoms with Crippen molar-refractivity contribution in [3.8, 4) is 0 Å². The van der Waals surface area contributed by atoms with Gasteiger partial charge in [-0.1, -0.05) is 30.3 Å². The minimum atomic E-state index is -0.0245. The van der Waals surface area contributed by atoms with Gasteiger partial charge in [-0.15, -0.1) is 0 Å². The zero-order valence-corrected chi connectivity index (χ0v) is 17.0. The van der Waals surface area contributed by atoms with Crippen LogP contribution < -0.4 is 0 Å². The van der Waals surface area contributed by atoms with Crippen LogP contribution in [-0.4, -0.2) is 70.0 Å². The number of nitrogens with zero attached hydrogens (tertiary/aromatic N) is 3. The molecule has 0 aliphatic carbocycles. The van der Waals surface area contributed by atoms with Gasteiger partial charge in [0.15, 0.2) is 0 Å². The number of thioether (sulfide) groups is 1. The molecule has 0 bridgehead atoms. The quantitative estimate of drug-likeness (QED) is 0.811. The number of hydrogen-bond donors (Lipinski definition) is 1. The highest BCUT2D eigenvalue weighted by Gasteiger charge is 2.53. The van der Waals surface area contributed by atoms with Gasteiger partial charge in [0.1, 0.15) is 0 Å². The highest BCUT2D eigenvalue weighted by atomic mass is 32.2. The van der Waals surface area contributed by atoms with E-state index in [1.165, 1.54) is 5.56 Å². The predicted octanol–water partition coefficient (Wildman–Crippen LogP) is 2.31. The van der Waals surface area contributed by atoms with E-state index in [0.717, 1.165) is 25.9 Å². The lowest BCUT2D eigenvalue weighted by atomic mass is 9.76. The van der Waals surface area contributed by atoms with Crippen LogP contribution in [0.3, 0.4) is 0 Å². The molecular weight excluding hydrogens is 372 g/mol. The van der Waals surface area contributed by atoms with E-state index in [2.05, 4.69) is 34.5 Å². The van der Waals surface area contributed by atoms with Gasteiger partial charge in [0.2, 0.25) is 5.91 Å². The van der Waals surface area contributed by atoms with E-state index in [1.807, 2.05) is 22.1 Å². The monoisotopic (exact) mass is 398 g/mol. The third-order valence-corrected chi connectivity index (χ3v) is 6.70. The number of hydrogen-bond acceptors (Lipinski definition) is 4. The van der Waals surface area contributed by atoms with Crippen molar-refractivity contribution < 1.29 is 9.59 Å². The van der Waals surface area contributed by atoms with E-state index in [4.69, 9.17) is 0 Å². The zero-order chi connectivity index (χ0) is 19.6. The van der Waals surface area contributed by atoms with Crippen LogP contribution in [0, 0.1) is 11.3 Å². The van der Waals surface area contributed by atoms with Crippen LogP contribution in [-0.2, 0) is 11.2 Å². The van der Waals surface area contributed by atoms with Gasteiger partial charge in [0.05, 0.1) is 17.5 Å². The zero-order valence-electron chi connectivity index (χ0n) is 16.1. The lowest BCUT2D eigenvalue weighted by Gasteiger charge is -2.29. The lowest BCUT2D eigenvalue weighted by molar-refractivity contribution is -0.127. The largest absolute Gasteiger partial charge is 0.341 e. The summed E-state index contributed by atoms with van der Waals surface area (Å²) in [6, 6.07) is 10.5. The molecule has 1 N–H and O–H groups in total. The van der Waals surface area contributed by atoms with E-state index in [0.29, 0.717) is 30.3 Å². The molecule has 0 spiro atoms. The van der Waals surface area contributed by atoms with Crippen molar-refractivity contribution in [1.82, 2.24) is 20.0 Å². The van der Waals surface area contributed by atoms with Crippen molar-refractivity contribution in [3.05, 3.63) is 53.9 Å². The first-order chi connectivity index (χ1) is 13.6. The molecule has 2 aliphatic rings. The number of H-pyrrole nitrogens is 1. The Labute approximate surface area is 169 Å². The fraction of sp³-hybridized carbons (Fsp3) is 0.476. The van der Waals surface area contributed by atoms with Crippen LogP contribution in [0.2, 0.25) is 0 Å². The van der Waals surface area contributed by atoms with Crippen LogP contribution in [0.25, 0.3) is 0 Å². The smallest absolute Gasteiger partial charge is 0.257 e. The van der Waals surface area contributed by atoms with E-state index < -0.39 is 0 Å². The first-order valence-electron chi connectivity index (χ1n) is 9.70. The van der Waals surface area contributed by atoms with Gasteiger partial charge in [0, 0.05) is 43.7 Å². The Morgan fingerprint density at radius 3 is 2.68 bits per heavy atom. The van der Waals surface area contributed by atoms with E-state index >= 15 is 0 Å². The lowest BCUT2D eigenvalue weighted by Crippen LogP contribution is -2.39. The third-order valence-electron chi connectivity index (χ3n) is 6.17.